The molecule has 1 aliphatic heterocycles. The minimum absolute atomic E-state index is 0.00623. The molecule has 70 valence electrons. The minimum atomic E-state index is -0.467. The average molecular weight is 182 g/mol. The number of hydrogen-bond donors (Lipinski definition) is 0. The second kappa shape index (κ2) is 2.92. The Kier molecular flexibility index (Phi) is 1.88. The van der Waals surface area contributed by atoms with E-state index >= 15 is 0 Å². The Morgan fingerprint density at radius 3 is 3.00 bits per heavy atom. The second-order valence-corrected chi connectivity index (χ2v) is 3.26. The van der Waals surface area contributed by atoms with Crippen molar-refractivity contribution in [3.63, 3.8) is 0 Å². The lowest BCUT2D eigenvalue weighted by Crippen LogP contribution is -2.21. The largest absolute Gasteiger partial charge is 0.367 e. The number of rotatable bonds is 2. The van der Waals surface area contributed by atoms with Crippen LogP contribution in [0.5, 0.6) is 0 Å². The molecule has 2 rings (SSSR count). The van der Waals surface area contributed by atoms with Crippen LogP contribution in [0.4, 0.5) is 0 Å². The van der Waals surface area contributed by atoms with Crippen molar-refractivity contribution in [1.82, 2.24) is 10.1 Å². The smallest absolute Gasteiger partial charge is 0.290 e. The van der Waals surface area contributed by atoms with E-state index < -0.39 is 5.60 Å². The Hall–Kier alpha value is -1.23. The zero-order chi connectivity index (χ0) is 9.31. The van der Waals surface area contributed by atoms with Crippen LogP contribution in [0, 0.1) is 0 Å². The van der Waals surface area contributed by atoms with E-state index in [0.29, 0.717) is 18.7 Å². The van der Waals surface area contributed by atoms with Crippen LogP contribution in [0.1, 0.15) is 36.3 Å². The summed E-state index contributed by atoms with van der Waals surface area (Å²) in [6.07, 6.45) is 2.39. The standard InChI is InChI=1S/C8H10N2O3/c1-8(3-2-4-12-8)7-9-6(5-11)13-10-7/h5H,2-4H2,1H3. The molecular weight excluding hydrogens is 172 g/mol. The van der Waals surface area contributed by atoms with Gasteiger partial charge in [-0.25, -0.2) is 0 Å². The van der Waals surface area contributed by atoms with Crippen molar-refractivity contribution in [2.75, 3.05) is 6.61 Å². The fourth-order valence-corrected chi connectivity index (χ4v) is 1.45. The summed E-state index contributed by atoms with van der Waals surface area (Å²) in [5.41, 5.74) is -0.467. The molecule has 0 spiro atoms. The molecule has 1 saturated heterocycles. The molecule has 0 aliphatic carbocycles. The van der Waals surface area contributed by atoms with E-state index in [9.17, 15) is 4.79 Å². The first-order valence-corrected chi connectivity index (χ1v) is 4.18. The van der Waals surface area contributed by atoms with E-state index in [1.54, 1.807) is 0 Å². The Morgan fingerprint density at radius 2 is 2.46 bits per heavy atom. The molecule has 2 heterocycles. The Morgan fingerprint density at radius 1 is 1.62 bits per heavy atom. The molecule has 5 nitrogen and oxygen atoms in total. The first kappa shape index (κ1) is 8.37. The normalized spacial score (nSPS) is 27.8. The van der Waals surface area contributed by atoms with E-state index in [1.807, 2.05) is 6.92 Å². The molecule has 1 aromatic heterocycles. The molecule has 1 fully saturated rings. The topological polar surface area (TPSA) is 65.2 Å². The highest BCUT2D eigenvalue weighted by Gasteiger charge is 2.36. The number of carbonyl (C=O) groups excluding carboxylic acids is 1. The lowest BCUT2D eigenvalue weighted by atomic mass is 10.0. The summed E-state index contributed by atoms with van der Waals surface area (Å²) in [5.74, 6) is 0.471. The zero-order valence-electron chi connectivity index (χ0n) is 7.32. The molecule has 0 saturated carbocycles. The molecule has 1 aromatic rings. The Balaban J connectivity index is 2.28. The predicted molar refractivity (Wildman–Crippen MR) is 42.2 cm³/mol. The second-order valence-electron chi connectivity index (χ2n) is 3.26. The van der Waals surface area contributed by atoms with E-state index in [-0.39, 0.29) is 5.89 Å². The average Bonchev–Trinajstić information content (AvgIpc) is 2.72. The number of ether oxygens (including phenoxy) is 1. The molecule has 0 aromatic carbocycles. The SMILES string of the molecule is CC1(c2noc(C=O)n2)CCCO1. The zero-order valence-corrected chi connectivity index (χ0v) is 7.32. The van der Waals surface area contributed by atoms with Gasteiger partial charge < -0.3 is 9.26 Å². The van der Waals surface area contributed by atoms with Gasteiger partial charge in [0.1, 0.15) is 5.60 Å². The van der Waals surface area contributed by atoms with E-state index in [4.69, 9.17) is 4.74 Å². The number of nitrogens with zero attached hydrogens (tertiary/aromatic N) is 2. The van der Waals surface area contributed by atoms with Crippen LogP contribution in [0.25, 0.3) is 0 Å². The monoisotopic (exact) mass is 182 g/mol. The van der Waals surface area contributed by atoms with Gasteiger partial charge >= 0.3 is 0 Å². The summed E-state index contributed by atoms with van der Waals surface area (Å²) in [5, 5.41) is 3.70. The molecule has 5 heteroatoms. The van der Waals surface area contributed by atoms with Crippen molar-refractivity contribution in [3.05, 3.63) is 11.7 Å². The fourth-order valence-electron chi connectivity index (χ4n) is 1.45. The number of hydrogen-bond acceptors (Lipinski definition) is 5. The van der Waals surface area contributed by atoms with Crippen molar-refractivity contribution in [3.8, 4) is 0 Å². The molecule has 1 unspecified atom stereocenters. The van der Waals surface area contributed by atoms with Gasteiger partial charge in [0.25, 0.3) is 5.89 Å². The van der Waals surface area contributed by atoms with Gasteiger partial charge in [-0.3, -0.25) is 4.79 Å². The van der Waals surface area contributed by atoms with Crippen LogP contribution >= 0.6 is 0 Å². The summed E-state index contributed by atoms with van der Waals surface area (Å²) < 4.78 is 10.2. The van der Waals surface area contributed by atoms with Crippen molar-refractivity contribution in [2.24, 2.45) is 0 Å². The predicted octanol–water partition coefficient (Wildman–Crippen LogP) is 0.908. The molecule has 1 atom stereocenters. The van der Waals surface area contributed by atoms with Crippen molar-refractivity contribution < 1.29 is 14.1 Å². The highest BCUT2D eigenvalue weighted by atomic mass is 16.5. The molecule has 0 bridgehead atoms. The van der Waals surface area contributed by atoms with E-state index in [2.05, 4.69) is 14.7 Å². The fraction of sp³-hybridized carbons (Fsp3) is 0.625. The number of aromatic nitrogens is 2. The third-order valence-electron chi connectivity index (χ3n) is 2.23. The highest BCUT2D eigenvalue weighted by molar-refractivity contribution is 5.67. The molecule has 0 N–H and O–H groups in total. The molecule has 0 radical (unpaired) electrons. The molecule has 1 aliphatic rings. The third-order valence-corrected chi connectivity index (χ3v) is 2.23. The summed E-state index contributed by atoms with van der Waals surface area (Å²) in [6.45, 7) is 2.61. The van der Waals surface area contributed by atoms with Crippen LogP contribution in [0.15, 0.2) is 4.52 Å². The summed E-state index contributed by atoms with van der Waals surface area (Å²) in [4.78, 5) is 14.2. The summed E-state index contributed by atoms with van der Waals surface area (Å²) in [7, 11) is 0. The van der Waals surface area contributed by atoms with Crippen LogP contribution < -0.4 is 0 Å². The van der Waals surface area contributed by atoms with Crippen molar-refractivity contribution in [2.45, 2.75) is 25.4 Å². The number of aldehydes is 1. The Bertz CT molecular complexity index is 315. The molecule has 0 amide bonds. The maximum absolute atomic E-state index is 10.3. The lowest BCUT2D eigenvalue weighted by Gasteiger charge is -2.17. The van der Waals surface area contributed by atoms with Gasteiger partial charge in [0.05, 0.1) is 0 Å². The first-order chi connectivity index (χ1) is 6.24. The maximum atomic E-state index is 10.3. The van der Waals surface area contributed by atoms with Crippen molar-refractivity contribution in [1.29, 1.82) is 0 Å². The first-order valence-electron chi connectivity index (χ1n) is 4.18. The summed E-state index contributed by atoms with van der Waals surface area (Å²) >= 11 is 0. The van der Waals surface area contributed by atoms with Crippen LogP contribution in [0.3, 0.4) is 0 Å². The van der Waals surface area contributed by atoms with Gasteiger partial charge in [0, 0.05) is 6.61 Å². The van der Waals surface area contributed by atoms with Gasteiger partial charge in [-0.2, -0.15) is 4.98 Å². The van der Waals surface area contributed by atoms with E-state index in [1.165, 1.54) is 0 Å². The lowest BCUT2D eigenvalue weighted by molar-refractivity contribution is 0.00768. The Labute approximate surface area is 75.1 Å². The summed E-state index contributed by atoms with van der Waals surface area (Å²) in [6, 6.07) is 0. The number of carbonyl (C=O) groups is 1. The van der Waals surface area contributed by atoms with Gasteiger partial charge in [-0.15, -0.1) is 0 Å². The van der Waals surface area contributed by atoms with Gasteiger partial charge in [-0.1, -0.05) is 5.16 Å². The highest BCUT2D eigenvalue weighted by Crippen LogP contribution is 2.33. The minimum Gasteiger partial charge on any atom is -0.367 e. The van der Waals surface area contributed by atoms with E-state index in [0.717, 1.165) is 12.8 Å². The maximum Gasteiger partial charge on any atom is 0.290 e. The molecular formula is C8H10N2O3. The quantitative estimate of drug-likeness (QED) is 0.636. The van der Waals surface area contributed by atoms with Gasteiger partial charge in [0.15, 0.2) is 0 Å². The van der Waals surface area contributed by atoms with Crippen LogP contribution in [0.2, 0.25) is 0 Å². The van der Waals surface area contributed by atoms with Crippen molar-refractivity contribution >= 4 is 6.29 Å². The third kappa shape index (κ3) is 1.35. The van der Waals surface area contributed by atoms with Crippen LogP contribution in [-0.4, -0.2) is 23.0 Å². The molecule has 13 heavy (non-hydrogen) atoms. The van der Waals surface area contributed by atoms with Crippen LogP contribution in [-0.2, 0) is 10.3 Å². The van der Waals surface area contributed by atoms with Gasteiger partial charge in [0.2, 0.25) is 12.1 Å². The van der Waals surface area contributed by atoms with Gasteiger partial charge in [-0.05, 0) is 19.8 Å².